The van der Waals surface area contributed by atoms with Crippen LogP contribution in [-0.2, 0) is 24.4 Å². The van der Waals surface area contributed by atoms with Crippen molar-refractivity contribution in [3.63, 3.8) is 0 Å². The third-order valence-electron chi connectivity index (χ3n) is 9.17. The zero-order chi connectivity index (χ0) is 33.6. The van der Waals surface area contributed by atoms with E-state index in [0.29, 0.717) is 5.92 Å². The Morgan fingerprint density at radius 3 is 1.98 bits per heavy atom. The van der Waals surface area contributed by atoms with Crippen LogP contribution in [0.2, 0.25) is 0 Å². The van der Waals surface area contributed by atoms with Gasteiger partial charge in [-0.3, -0.25) is 14.4 Å². The first-order valence-electron chi connectivity index (χ1n) is 15.8. The Morgan fingerprint density at radius 2 is 1.50 bits per heavy atom. The lowest BCUT2D eigenvalue weighted by Gasteiger charge is -2.43. The molecule has 1 aromatic rings. The maximum atomic E-state index is 14.1. The van der Waals surface area contributed by atoms with Crippen molar-refractivity contribution in [3.05, 3.63) is 41.5 Å². The van der Waals surface area contributed by atoms with E-state index in [2.05, 4.69) is 29.2 Å². The van der Waals surface area contributed by atoms with Crippen molar-refractivity contribution in [1.29, 1.82) is 0 Å². The van der Waals surface area contributed by atoms with Gasteiger partial charge in [-0.15, -0.1) is 0 Å². The van der Waals surface area contributed by atoms with Crippen LogP contribution < -0.4 is 15.4 Å². The topological polar surface area (TPSA) is 125 Å². The highest BCUT2D eigenvalue weighted by Gasteiger charge is 2.44. The smallest absolute Gasteiger partial charge is 0.264 e. The molecule has 0 aromatic heterocycles. The quantitative estimate of drug-likeness (QED) is 0.280. The zero-order valence-corrected chi connectivity index (χ0v) is 29.5. The van der Waals surface area contributed by atoms with E-state index in [0.717, 1.165) is 18.4 Å². The minimum atomic E-state index is -4.07. The molecule has 248 valence electrons. The minimum Gasteiger partial charge on any atom is -0.342 e. The summed E-state index contributed by atoms with van der Waals surface area (Å²) < 4.78 is 27.7. The first-order valence-corrected chi connectivity index (χ1v) is 17.3. The monoisotopic (exact) mass is 632 g/mol. The molecule has 1 aromatic carbocycles. The van der Waals surface area contributed by atoms with Gasteiger partial charge in [0.1, 0.15) is 6.04 Å². The Kier molecular flexibility index (Phi) is 12.8. The second-order valence-electron chi connectivity index (χ2n) is 14.5. The van der Waals surface area contributed by atoms with E-state index < -0.39 is 39.5 Å². The van der Waals surface area contributed by atoms with Gasteiger partial charge < -0.3 is 15.5 Å². The molecule has 10 heteroatoms. The highest BCUT2D eigenvalue weighted by atomic mass is 32.2. The highest BCUT2D eigenvalue weighted by molar-refractivity contribution is 7.90. The van der Waals surface area contributed by atoms with Crippen molar-refractivity contribution in [2.75, 3.05) is 14.1 Å². The summed E-state index contributed by atoms with van der Waals surface area (Å²) in [5.41, 5.74) is 0.162. The van der Waals surface area contributed by atoms with E-state index in [1.54, 1.807) is 37.2 Å². The van der Waals surface area contributed by atoms with Gasteiger partial charge in [-0.1, -0.05) is 91.5 Å². The van der Waals surface area contributed by atoms with Crippen molar-refractivity contribution < 1.29 is 22.8 Å². The van der Waals surface area contributed by atoms with Gasteiger partial charge in [0.25, 0.3) is 15.9 Å². The lowest BCUT2D eigenvalue weighted by Crippen LogP contribution is -2.61. The molecule has 44 heavy (non-hydrogen) atoms. The number of aryl methyl sites for hydroxylation is 1. The molecule has 3 N–H and O–H groups in total. The van der Waals surface area contributed by atoms with Crippen molar-refractivity contribution in [2.45, 2.75) is 117 Å². The molecule has 3 atom stereocenters. The zero-order valence-electron chi connectivity index (χ0n) is 28.7. The molecule has 3 amide bonds. The molecule has 0 saturated heterocycles. The Labute approximate surface area is 266 Å². The van der Waals surface area contributed by atoms with Gasteiger partial charge in [0.2, 0.25) is 11.8 Å². The second kappa shape index (κ2) is 15.0. The Bertz CT molecular complexity index is 1290. The summed E-state index contributed by atoms with van der Waals surface area (Å²) in [4.78, 5) is 42.4. The van der Waals surface area contributed by atoms with Gasteiger partial charge in [-0.2, -0.15) is 0 Å². The Hall–Kier alpha value is -2.72. The van der Waals surface area contributed by atoms with E-state index >= 15 is 0 Å². The van der Waals surface area contributed by atoms with E-state index in [1.807, 2.05) is 41.5 Å². The van der Waals surface area contributed by atoms with Crippen molar-refractivity contribution in [1.82, 2.24) is 20.3 Å². The predicted molar refractivity (Wildman–Crippen MR) is 176 cm³/mol. The van der Waals surface area contributed by atoms with Gasteiger partial charge >= 0.3 is 0 Å². The molecular formula is C34H56N4O5S. The molecule has 1 fully saturated rings. The highest BCUT2D eigenvalue weighted by Crippen LogP contribution is 2.41. The van der Waals surface area contributed by atoms with Crippen LogP contribution in [0, 0.1) is 29.6 Å². The fraction of sp³-hybridized carbons (Fsp3) is 0.676. The van der Waals surface area contributed by atoms with Crippen molar-refractivity contribution in [3.8, 4) is 0 Å². The second-order valence-corrected chi connectivity index (χ2v) is 16.1. The molecule has 0 bridgehead atoms. The van der Waals surface area contributed by atoms with E-state index in [1.165, 1.54) is 38.3 Å². The first-order chi connectivity index (χ1) is 20.2. The van der Waals surface area contributed by atoms with Crippen LogP contribution in [0.25, 0.3) is 0 Å². The number of amides is 3. The number of carbonyl (C=O) groups is 3. The third-order valence-corrected chi connectivity index (χ3v) is 10.5. The fourth-order valence-corrected chi connectivity index (χ4v) is 7.23. The van der Waals surface area contributed by atoms with Crippen molar-refractivity contribution >= 4 is 27.7 Å². The molecule has 0 radical (unpaired) electrons. The summed E-state index contributed by atoms with van der Waals surface area (Å²) in [6, 6.07) is 4.39. The summed E-state index contributed by atoms with van der Waals surface area (Å²) in [6.45, 7) is 17.2. The Balaban J connectivity index is 2.29. The van der Waals surface area contributed by atoms with Crippen molar-refractivity contribution in [2.24, 2.45) is 22.7 Å². The number of hydrogen-bond donors (Lipinski definition) is 3. The number of rotatable bonds is 12. The summed E-state index contributed by atoms with van der Waals surface area (Å²) >= 11 is 0. The molecule has 1 aliphatic carbocycles. The van der Waals surface area contributed by atoms with Gasteiger partial charge in [-0.05, 0) is 68.5 Å². The number of sulfonamides is 1. The summed E-state index contributed by atoms with van der Waals surface area (Å²) in [5.74, 6) is -0.957. The van der Waals surface area contributed by atoms with Gasteiger partial charge in [-0.25, -0.2) is 13.1 Å². The lowest BCUT2D eigenvalue weighted by molar-refractivity contribution is -0.141. The largest absolute Gasteiger partial charge is 0.342 e. The van der Waals surface area contributed by atoms with Gasteiger partial charge in [0.05, 0.1) is 17.0 Å². The molecule has 0 spiro atoms. The first kappa shape index (κ1) is 37.5. The lowest BCUT2D eigenvalue weighted by atomic mass is 9.66. The Morgan fingerprint density at radius 1 is 0.955 bits per heavy atom. The van der Waals surface area contributed by atoms with E-state index in [4.69, 9.17) is 0 Å². The number of carbonyl (C=O) groups excluding carboxylic acids is 3. The third kappa shape index (κ3) is 9.39. The summed E-state index contributed by atoms with van der Waals surface area (Å²) in [7, 11) is -0.616. The summed E-state index contributed by atoms with van der Waals surface area (Å²) in [5, 5.41) is 6.32. The SMILES string of the molecule is CN[C@H](C(=O)N[C@H](C(=O)N(C)[C@H](/C=C(\C)C(=O)NS(=O)(=O)c1ccc(C)cc1)C(C)C)C(C)(C)C)C(C)(C)C1CCCCC1. The van der Waals surface area contributed by atoms with Crippen LogP contribution in [0.5, 0.6) is 0 Å². The van der Waals surface area contributed by atoms with E-state index in [-0.39, 0.29) is 33.6 Å². The maximum absolute atomic E-state index is 14.1. The molecule has 1 aliphatic rings. The normalized spacial score (nSPS) is 17.5. The van der Waals surface area contributed by atoms with Crippen LogP contribution in [0.3, 0.4) is 0 Å². The molecule has 0 heterocycles. The van der Waals surface area contributed by atoms with Crippen LogP contribution in [0.1, 0.15) is 93.1 Å². The average Bonchev–Trinajstić information content (AvgIpc) is 2.93. The number of likely N-dealkylation sites (N-methyl/N-ethyl adjacent to an activating group) is 2. The minimum absolute atomic E-state index is 0.00717. The molecule has 0 aliphatic heterocycles. The molecule has 9 nitrogen and oxygen atoms in total. The maximum Gasteiger partial charge on any atom is 0.264 e. The molecule has 2 rings (SSSR count). The average molecular weight is 633 g/mol. The van der Waals surface area contributed by atoms with Crippen LogP contribution in [-0.4, -0.2) is 63.3 Å². The number of nitrogens with zero attached hydrogens (tertiary/aromatic N) is 1. The van der Waals surface area contributed by atoms with Gasteiger partial charge in [0.15, 0.2) is 0 Å². The van der Waals surface area contributed by atoms with Crippen LogP contribution in [0.4, 0.5) is 0 Å². The number of benzene rings is 1. The molecular weight excluding hydrogens is 576 g/mol. The molecule has 1 saturated carbocycles. The van der Waals surface area contributed by atoms with Gasteiger partial charge in [0, 0.05) is 12.6 Å². The van der Waals surface area contributed by atoms with Crippen LogP contribution >= 0.6 is 0 Å². The molecule has 0 unspecified atom stereocenters. The number of hydrogen-bond acceptors (Lipinski definition) is 6. The predicted octanol–water partition coefficient (Wildman–Crippen LogP) is 4.95. The van der Waals surface area contributed by atoms with Crippen LogP contribution in [0.15, 0.2) is 40.8 Å². The van der Waals surface area contributed by atoms with E-state index in [9.17, 15) is 22.8 Å². The standard InChI is InChI=1S/C34H56N4O5S/c1-22(2)27(21-24(4)30(39)37-44(42,43)26-19-17-23(3)18-20-26)38(11)32(41)29(33(5,6)7)36-31(40)28(35-10)34(8,9)25-15-13-12-14-16-25/h17-22,25,27-29,35H,12-16H2,1-11H3,(H,36,40)(H,37,39)/b24-21+/t27-,28-,29-/m1/s1. The summed E-state index contributed by atoms with van der Waals surface area (Å²) in [6.07, 6.45) is 7.35. The number of nitrogens with one attached hydrogen (secondary N) is 3. The fourth-order valence-electron chi connectivity index (χ4n) is 6.21.